The summed E-state index contributed by atoms with van der Waals surface area (Å²) in [4.78, 5) is 2.26. The van der Waals surface area contributed by atoms with Crippen molar-refractivity contribution < 1.29 is 5.11 Å². The molecule has 1 heterocycles. The fourth-order valence-electron chi connectivity index (χ4n) is 1.90. The summed E-state index contributed by atoms with van der Waals surface area (Å²) < 4.78 is 0. The van der Waals surface area contributed by atoms with Gasteiger partial charge in [0, 0.05) is 24.9 Å². The van der Waals surface area contributed by atoms with Gasteiger partial charge >= 0.3 is 0 Å². The van der Waals surface area contributed by atoms with Crippen molar-refractivity contribution in [2.75, 3.05) is 7.05 Å². The van der Waals surface area contributed by atoms with Crippen molar-refractivity contribution in [1.29, 1.82) is 0 Å². The van der Waals surface area contributed by atoms with Crippen LogP contribution in [0.2, 0.25) is 0 Å². The number of likely N-dealkylation sites (tertiary alicyclic amines) is 1. The van der Waals surface area contributed by atoms with E-state index in [-0.39, 0.29) is 12.4 Å². The summed E-state index contributed by atoms with van der Waals surface area (Å²) in [7, 11) is 2.07. The molecule has 1 N–H and O–H groups in total. The summed E-state index contributed by atoms with van der Waals surface area (Å²) in [6, 6.07) is 0.740. The first kappa shape index (κ1) is 12.8. The normalized spacial score (nSPS) is 40.5. The number of hydrogen-bond donors (Lipinski definition) is 1. The Hall–Kier alpha value is -0.230. The van der Waals surface area contributed by atoms with E-state index in [1.165, 1.54) is 0 Å². The predicted molar refractivity (Wildman–Crippen MR) is 57.0 cm³/mol. The third-order valence-corrected chi connectivity index (χ3v) is 2.93. The highest BCUT2D eigenvalue weighted by Crippen LogP contribution is 2.29. The highest BCUT2D eigenvalue weighted by molar-refractivity contribution is 5.85. The van der Waals surface area contributed by atoms with Crippen molar-refractivity contribution in [2.45, 2.75) is 44.4 Å². The molecular formula is C10H18ClNO. The van der Waals surface area contributed by atoms with Crippen molar-refractivity contribution >= 4 is 12.4 Å². The Kier molecular flexibility index (Phi) is 4.25. The van der Waals surface area contributed by atoms with E-state index in [2.05, 4.69) is 31.7 Å². The molecule has 1 saturated heterocycles. The summed E-state index contributed by atoms with van der Waals surface area (Å²) in [5.74, 6) is 2.49. The quantitative estimate of drug-likeness (QED) is 0.600. The minimum Gasteiger partial charge on any atom is -0.377 e. The lowest BCUT2D eigenvalue weighted by molar-refractivity contribution is -0.0170. The van der Waals surface area contributed by atoms with Gasteiger partial charge in [0.1, 0.15) is 5.60 Å². The first-order valence-electron chi connectivity index (χ1n) is 4.40. The van der Waals surface area contributed by atoms with Gasteiger partial charge in [-0.25, -0.2) is 0 Å². The highest BCUT2D eigenvalue weighted by atomic mass is 35.5. The lowest BCUT2D eigenvalue weighted by Crippen LogP contribution is -2.51. The van der Waals surface area contributed by atoms with Crippen molar-refractivity contribution in [2.24, 2.45) is 0 Å². The van der Waals surface area contributed by atoms with Crippen LogP contribution in [0.3, 0.4) is 0 Å². The molecule has 1 rings (SSSR count). The summed E-state index contributed by atoms with van der Waals surface area (Å²) in [5.41, 5.74) is -0.870. The average Bonchev–Trinajstić information content (AvgIpc) is 2.00. The molecular weight excluding hydrogens is 186 g/mol. The van der Waals surface area contributed by atoms with Gasteiger partial charge in [-0.15, -0.1) is 18.8 Å². The Labute approximate surface area is 86.7 Å². The van der Waals surface area contributed by atoms with Crippen molar-refractivity contribution in [3.8, 4) is 12.3 Å². The van der Waals surface area contributed by atoms with Gasteiger partial charge in [0.2, 0.25) is 0 Å². The zero-order valence-electron chi connectivity index (χ0n) is 8.45. The van der Waals surface area contributed by atoms with E-state index in [1.54, 1.807) is 0 Å². The Morgan fingerprint density at radius 3 is 2.08 bits per heavy atom. The number of hydrogen-bond acceptors (Lipinski definition) is 2. The van der Waals surface area contributed by atoms with Gasteiger partial charge < -0.3 is 10.0 Å². The average molecular weight is 204 g/mol. The molecule has 0 saturated carbocycles. The van der Waals surface area contributed by atoms with Gasteiger partial charge in [-0.1, -0.05) is 5.92 Å². The molecule has 0 aromatic rings. The van der Waals surface area contributed by atoms with Gasteiger partial charge in [-0.3, -0.25) is 0 Å². The molecule has 0 bridgehead atoms. The van der Waals surface area contributed by atoms with E-state index in [9.17, 15) is 5.11 Å². The summed E-state index contributed by atoms with van der Waals surface area (Å²) in [5, 5.41) is 9.88. The molecule has 0 radical (unpaired) electrons. The first-order valence-corrected chi connectivity index (χ1v) is 4.40. The second kappa shape index (κ2) is 4.32. The summed E-state index contributed by atoms with van der Waals surface area (Å²) >= 11 is 0. The molecule has 0 aromatic carbocycles. The predicted octanol–water partition coefficient (Wildman–Crippen LogP) is 1.28. The third kappa shape index (κ3) is 2.60. The fraction of sp³-hybridized carbons (Fsp3) is 0.800. The molecule has 13 heavy (non-hydrogen) atoms. The van der Waals surface area contributed by atoms with E-state index in [0.717, 1.165) is 0 Å². The summed E-state index contributed by atoms with van der Waals surface area (Å²) in [6.45, 7) is 4.19. The maximum absolute atomic E-state index is 9.88. The van der Waals surface area contributed by atoms with Gasteiger partial charge in [0.15, 0.2) is 0 Å². The van der Waals surface area contributed by atoms with Gasteiger partial charge in [-0.2, -0.15) is 0 Å². The van der Waals surface area contributed by atoms with Gasteiger partial charge in [-0.05, 0) is 20.9 Å². The van der Waals surface area contributed by atoms with Crippen molar-refractivity contribution in [1.82, 2.24) is 4.90 Å². The first-order chi connectivity index (χ1) is 5.48. The molecule has 0 amide bonds. The van der Waals surface area contributed by atoms with E-state index in [4.69, 9.17) is 6.42 Å². The Balaban J connectivity index is 0.00000144. The van der Waals surface area contributed by atoms with Crippen LogP contribution in [0.25, 0.3) is 0 Å². The molecule has 2 atom stereocenters. The van der Waals surface area contributed by atoms with Crippen LogP contribution in [0.1, 0.15) is 26.7 Å². The minimum atomic E-state index is -0.870. The van der Waals surface area contributed by atoms with Crippen LogP contribution in [0.15, 0.2) is 0 Å². The maximum atomic E-state index is 9.88. The van der Waals surface area contributed by atoms with Gasteiger partial charge in [0.25, 0.3) is 0 Å². The zero-order chi connectivity index (χ0) is 9.35. The Morgan fingerprint density at radius 1 is 1.38 bits per heavy atom. The molecule has 0 spiro atoms. The Morgan fingerprint density at radius 2 is 1.77 bits per heavy atom. The van der Waals surface area contributed by atoms with Crippen LogP contribution in [0, 0.1) is 12.3 Å². The number of rotatable bonds is 0. The summed E-state index contributed by atoms with van der Waals surface area (Å²) in [6.07, 6.45) is 6.66. The molecule has 0 aromatic heterocycles. The molecule has 2 unspecified atom stereocenters. The SMILES string of the molecule is C#CC1(O)CC(C)N(C)C(C)C1.Cl. The third-order valence-electron chi connectivity index (χ3n) is 2.93. The molecule has 1 aliphatic heterocycles. The highest BCUT2D eigenvalue weighted by Gasteiger charge is 2.37. The van der Waals surface area contributed by atoms with E-state index < -0.39 is 5.60 Å². The maximum Gasteiger partial charge on any atom is 0.128 e. The van der Waals surface area contributed by atoms with Crippen molar-refractivity contribution in [3.63, 3.8) is 0 Å². The second-order valence-corrected chi connectivity index (χ2v) is 3.95. The largest absolute Gasteiger partial charge is 0.377 e. The second-order valence-electron chi connectivity index (χ2n) is 3.95. The monoisotopic (exact) mass is 203 g/mol. The Bertz CT molecular complexity index is 199. The number of halogens is 1. The molecule has 0 aliphatic carbocycles. The number of aliphatic hydroxyl groups is 1. The molecule has 2 nitrogen and oxygen atoms in total. The standard InChI is InChI=1S/C10H17NO.ClH/c1-5-10(12)6-8(2)11(4)9(3)7-10;/h1,8-9,12H,6-7H2,2-4H3;1H. The lowest BCUT2D eigenvalue weighted by Gasteiger charge is -2.42. The number of terminal acetylenes is 1. The van der Waals surface area contributed by atoms with Crippen LogP contribution < -0.4 is 0 Å². The smallest absolute Gasteiger partial charge is 0.128 e. The molecule has 1 fully saturated rings. The van der Waals surface area contributed by atoms with Crippen LogP contribution in [0.4, 0.5) is 0 Å². The molecule has 76 valence electrons. The van der Waals surface area contributed by atoms with Crippen LogP contribution in [-0.4, -0.2) is 34.7 Å². The number of nitrogens with zero attached hydrogens (tertiary/aromatic N) is 1. The lowest BCUT2D eigenvalue weighted by atomic mass is 9.84. The fourth-order valence-corrected chi connectivity index (χ4v) is 1.90. The minimum absolute atomic E-state index is 0. The van der Waals surface area contributed by atoms with Crippen molar-refractivity contribution in [3.05, 3.63) is 0 Å². The van der Waals surface area contributed by atoms with E-state index >= 15 is 0 Å². The number of piperidine rings is 1. The van der Waals surface area contributed by atoms with Crippen LogP contribution in [0.5, 0.6) is 0 Å². The zero-order valence-corrected chi connectivity index (χ0v) is 9.27. The molecule has 3 heteroatoms. The molecule has 1 aliphatic rings. The van der Waals surface area contributed by atoms with Gasteiger partial charge in [0.05, 0.1) is 0 Å². The van der Waals surface area contributed by atoms with Crippen LogP contribution in [-0.2, 0) is 0 Å². The topological polar surface area (TPSA) is 23.5 Å². The van der Waals surface area contributed by atoms with Crippen LogP contribution >= 0.6 is 12.4 Å². The van der Waals surface area contributed by atoms with E-state index in [0.29, 0.717) is 24.9 Å². The van der Waals surface area contributed by atoms with E-state index in [1.807, 2.05) is 0 Å².